The van der Waals surface area contributed by atoms with Crippen molar-refractivity contribution in [2.75, 3.05) is 20.3 Å². The molecule has 1 heterocycles. The summed E-state index contributed by atoms with van der Waals surface area (Å²) >= 11 is 7.40. The number of thiazole rings is 1. The van der Waals surface area contributed by atoms with Gasteiger partial charge in [0.2, 0.25) is 0 Å². The standard InChI is InChI=1S/C14H16ClNO2S/c1-17-6-7-18-9-11-4-2-3-5-13(11)14-16-12(8-15)10-19-14/h2-5,10H,6-9H2,1H3. The van der Waals surface area contributed by atoms with E-state index in [0.29, 0.717) is 25.7 Å². The smallest absolute Gasteiger partial charge is 0.124 e. The highest BCUT2D eigenvalue weighted by Crippen LogP contribution is 2.28. The summed E-state index contributed by atoms with van der Waals surface area (Å²) in [6.07, 6.45) is 0. The maximum absolute atomic E-state index is 5.79. The molecular weight excluding hydrogens is 282 g/mol. The molecule has 0 aliphatic heterocycles. The van der Waals surface area contributed by atoms with Crippen molar-refractivity contribution in [3.8, 4) is 10.6 Å². The van der Waals surface area contributed by atoms with Crippen LogP contribution in [0.1, 0.15) is 11.3 Å². The van der Waals surface area contributed by atoms with Gasteiger partial charge < -0.3 is 9.47 Å². The molecule has 2 rings (SSSR count). The highest BCUT2D eigenvalue weighted by Gasteiger charge is 2.09. The minimum Gasteiger partial charge on any atom is -0.382 e. The summed E-state index contributed by atoms with van der Waals surface area (Å²) in [5.74, 6) is 0.447. The monoisotopic (exact) mass is 297 g/mol. The van der Waals surface area contributed by atoms with E-state index in [-0.39, 0.29) is 0 Å². The fourth-order valence-electron chi connectivity index (χ4n) is 1.67. The molecule has 0 N–H and O–H groups in total. The first kappa shape index (κ1) is 14.5. The van der Waals surface area contributed by atoms with Crippen LogP contribution < -0.4 is 0 Å². The quantitative estimate of drug-likeness (QED) is 0.577. The molecule has 0 bridgehead atoms. The lowest BCUT2D eigenvalue weighted by molar-refractivity contribution is 0.0618. The first-order valence-electron chi connectivity index (χ1n) is 6.00. The Morgan fingerprint density at radius 3 is 2.84 bits per heavy atom. The van der Waals surface area contributed by atoms with Gasteiger partial charge in [-0.25, -0.2) is 4.98 Å². The van der Waals surface area contributed by atoms with Gasteiger partial charge in [0, 0.05) is 18.1 Å². The maximum atomic E-state index is 5.79. The lowest BCUT2D eigenvalue weighted by atomic mass is 10.1. The number of benzene rings is 1. The number of ether oxygens (including phenoxy) is 2. The summed E-state index contributed by atoms with van der Waals surface area (Å²) in [5.41, 5.74) is 3.16. The summed E-state index contributed by atoms with van der Waals surface area (Å²) in [6, 6.07) is 8.14. The Hall–Kier alpha value is -0.940. The fourth-order valence-corrected chi connectivity index (χ4v) is 2.78. The molecule has 2 aromatic rings. The van der Waals surface area contributed by atoms with E-state index in [1.54, 1.807) is 18.4 Å². The third-order valence-corrected chi connectivity index (χ3v) is 3.82. The van der Waals surface area contributed by atoms with Crippen LogP contribution in [0.4, 0.5) is 0 Å². The van der Waals surface area contributed by atoms with Gasteiger partial charge in [-0.05, 0) is 5.56 Å². The average molecular weight is 298 g/mol. The molecule has 0 unspecified atom stereocenters. The van der Waals surface area contributed by atoms with Crippen molar-refractivity contribution in [2.45, 2.75) is 12.5 Å². The molecule has 0 aliphatic rings. The van der Waals surface area contributed by atoms with Crippen molar-refractivity contribution in [3.05, 3.63) is 40.9 Å². The first-order chi connectivity index (χ1) is 9.35. The van der Waals surface area contributed by atoms with Crippen LogP contribution >= 0.6 is 22.9 Å². The zero-order chi connectivity index (χ0) is 13.5. The zero-order valence-electron chi connectivity index (χ0n) is 10.8. The second-order valence-corrected chi connectivity index (χ2v) is 5.11. The van der Waals surface area contributed by atoms with Crippen molar-refractivity contribution in [2.24, 2.45) is 0 Å². The molecule has 3 nitrogen and oxygen atoms in total. The Morgan fingerprint density at radius 2 is 2.11 bits per heavy atom. The molecule has 5 heteroatoms. The van der Waals surface area contributed by atoms with Crippen molar-refractivity contribution in [3.63, 3.8) is 0 Å². The predicted octanol–water partition coefficient (Wildman–Crippen LogP) is 3.71. The molecule has 1 aromatic heterocycles. The predicted molar refractivity (Wildman–Crippen MR) is 78.6 cm³/mol. The third kappa shape index (κ3) is 4.01. The summed E-state index contributed by atoms with van der Waals surface area (Å²) < 4.78 is 10.5. The van der Waals surface area contributed by atoms with Gasteiger partial charge in [-0.2, -0.15) is 0 Å². The van der Waals surface area contributed by atoms with E-state index in [1.165, 1.54) is 0 Å². The van der Waals surface area contributed by atoms with Gasteiger partial charge in [0.05, 0.1) is 31.4 Å². The Bertz CT molecular complexity index is 516. The summed E-state index contributed by atoms with van der Waals surface area (Å²) in [7, 11) is 1.67. The van der Waals surface area contributed by atoms with Crippen molar-refractivity contribution in [1.82, 2.24) is 4.98 Å². The molecular formula is C14H16ClNO2S. The fraction of sp³-hybridized carbons (Fsp3) is 0.357. The van der Waals surface area contributed by atoms with Gasteiger partial charge >= 0.3 is 0 Å². The molecule has 19 heavy (non-hydrogen) atoms. The normalized spacial score (nSPS) is 10.8. The van der Waals surface area contributed by atoms with Crippen LogP contribution in [0, 0.1) is 0 Å². The molecule has 102 valence electrons. The number of halogens is 1. The van der Waals surface area contributed by atoms with Gasteiger partial charge in [0.1, 0.15) is 5.01 Å². The Labute approximate surface area is 122 Å². The topological polar surface area (TPSA) is 31.4 Å². The van der Waals surface area contributed by atoms with E-state index in [2.05, 4.69) is 17.1 Å². The minimum absolute atomic E-state index is 0.447. The number of nitrogens with zero attached hydrogens (tertiary/aromatic N) is 1. The molecule has 0 atom stereocenters. The van der Waals surface area contributed by atoms with Gasteiger partial charge in [-0.1, -0.05) is 24.3 Å². The highest BCUT2D eigenvalue weighted by molar-refractivity contribution is 7.13. The summed E-state index contributed by atoms with van der Waals surface area (Å²) in [5, 5.41) is 2.98. The van der Waals surface area contributed by atoms with Gasteiger partial charge in [-0.15, -0.1) is 22.9 Å². The largest absolute Gasteiger partial charge is 0.382 e. The molecule has 0 spiro atoms. The summed E-state index contributed by atoms with van der Waals surface area (Å²) in [6.45, 7) is 1.76. The number of methoxy groups -OCH3 is 1. The molecule has 0 radical (unpaired) electrons. The second-order valence-electron chi connectivity index (χ2n) is 3.98. The second kappa shape index (κ2) is 7.60. The van der Waals surface area contributed by atoms with Crippen LogP contribution in [-0.4, -0.2) is 25.3 Å². The Balaban J connectivity index is 2.11. The van der Waals surface area contributed by atoms with Crippen LogP contribution in [0.15, 0.2) is 29.6 Å². The number of aromatic nitrogens is 1. The van der Waals surface area contributed by atoms with Gasteiger partial charge in [0.15, 0.2) is 0 Å². The first-order valence-corrected chi connectivity index (χ1v) is 7.42. The van der Waals surface area contributed by atoms with E-state index in [9.17, 15) is 0 Å². The maximum Gasteiger partial charge on any atom is 0.124 e. The molecule has 0 amide bonds. The lowest BCUT2D eigenvalue weighted by Crippen LogP contribution is -2.02. The third-order valence-electron chi connectivity index (χ3n) is 2.63. The molecule has 0 fully saturated rings. The molecule has 0 saturated heterocycles. The molecule has 0 aliphatic carbocycles. The number of rotatable bonds is 7. The Kier molecular flexibility index (Phi) is 5.79. The van der Waals surface area contributed by atoms with E-state index < -0.39 is 0 Å². The lowest BCUT2D eigenvalue weighted by Gasteiger charge is -2.08. The van der Waals surface area contributed by atoms with E-state index in [4.69, 9.17) is 21.1 Å². The zero-order valence-corrected chi connectivity index (χ0v) is 12.3. The van der Waals surface area contributed by atoms with Crippen molar-refractivity contribution in [1.29, 1.82) is 0 Å². The van der Waals surface area contributed by atoms with Crippen LogP contribution in [0.3, 0.4) is 0 Å². The van der Waals surface area contributed by atoms with Crippen LogP contribution in [0.5, 0.6) is 0 Å². The van der Waals surface area contributed by atoms with Gasteiger partial charge in [-0.3, -0.25) is 0 Å². The SMILES string of the molecule is COCCOCc1ccccc1-c1nc(CCl)cs1. The van der Waals surface area contributed by atoms with E-state index in [1.807, 2.05) is 17.5 Å². The van der Waals surface area contributed by atoms with Crippen LogP contribution in [-0.2, 0) is 22.0 Å². The summed E-state index contributed by atoms with van der Waals surface area (Å²) in [4.78, 5) is 4.51. The van der Waals surface area contributed by atoms with Crippen LogP contribution in [0.2, 0.25) is 0 Å². The van der Waals surface area contributed by atoms with Crippen molar-refractivity contribution >= 4 is 22.9 Å². The van der Waals surface area contributed by atoms with Gasteiger partial charge in [0.25, 0.3) is 0 Å². The van der Waals surface area contributed by atoms with Crippen molar-refractivity contribution < 1.29 is 9.47 Å². The minimum atomic E-state index is 0.447. The number of hydrogen-bond donors (Lipinski definition) is 0. The van der Waals surface area contributed by atoms with Crippen LogP contribution in [0.25, 0.3) is 10.6 Å². The highest BCUT2D eigenvalue weighted by atomic mass is 35.5. The molecule has 0 saturated carbocycles. The van der Waals surface area contributed by atoms with E-state index in [0.717, 1.165) is 21.8 Å². The average Bonchev–Trinajstić information content (AvgIpc) is 2.93. The number of hydrogen-bond acceptors (Lipinski definition) is 4. The van der Waals surface area contributed by atoms with E-state index >= 15 is 0 Å². The number of alkyl halides is 1. The Morgan fingerprint density at radius 1 is 1.26 bits per heavy atom. The molecule has 1 aromatic carbocycles.